The summed E-state index contributed by atoms with van der Waals surface area (Å²) in [4.78, 5) is 2.30. The third-order valence-electron chi connectivity index (χ3n) is 4.53. The number of para-hydroxylation sites is 1. The maximum Gasteiger partial charge on any atom is 0.235 e. The third kappa shape index (κ3) is 2.78. The molecule has 6 heteroatoms. The molecule has 2 aliphatic rings. The van der Waals surface area contributed by atoms with Gasteiger partial charge in [-0.3, -0.25) is 0 Å². The van der Waals surface area contributed by atoms with Crippen LogP contribution in [0.5, 0.6) is 0 Å². The van der Waals surface area contributed by atoms with Gasteiger partial charge in [-0.15, -0.1) is 0 Å². The smallest absolute Gasteiger partial charge is 0.235 e. The lowest BCUT2D eigenvalue weighted by Gasteiger charge is -2.42. The molecule has 0 saturated carbocycles. The molecule has 0 N–H and O–H groups in total. The zero-order valence-electron chi connectivity index (χ0n) is 12.9. The summed E-state index contributed by atoms with van der Waals surface area (Å²) in [5, 5.41) is 1.04. The number of piperidine rings is 1. The summed E-state index contributed by atoms with van der Waals surface area (Å²) in [5.41, 5.74) is 3.73. The minimum Gasteiger partial charge on any atom is -0.356 e. The second-order valence-electron chi connectivity index (χ2n) is 5.87. The fraction of sp³-hybridized carbons (Fsp3) is 0.500. The highest BCUT2D eigenvalue weighted by Crippen LogP contribution is 2.33. The normalized spacial score (nSPS) is 20.7. The minimum atomic E-state index is -3.30. The van der Waals surface area contributed by atoms with Gasteiger partial charge in [0.2, 0.25) is 10.0 Å². The van der Waals surface area contributed by atoms with Gasteiger partial charge in [0.1, 0.15) is 6.73 Å². The van der Waals surface area contributed by atoms with Crippen molar-refractivity contribution in [3.05, 3.63) is 41.3 Å². The van der Waals surface area contributed by atoms with Crippen molar-refractivity contribution in [2.45, 2.75) is 32.4 Å². The van der Waals surface area contributed by atoms with Gasteiger partial charge in [0.25, 0.3) is 0 Å². The first-order valence-corrected chi connectivity index (χ1v) is 9.08. The lowest BCUT2D eigenvalue weighted by molar-refractivity contribution is 0.0986. The molecule has 0 radical (unpaired) electrons. The molecule has 0 amide bonds. The monoisotopic (exact) mass is 322 g/mol. The number of hydrogen-bond acceptors (Lipinski definition) is 4. The van der Waals surface area contributed by atoms with E-state index >= 15 is 0 Å². The van der Waals surface area contributed by atoms with Crippen molar-refractivity contribution >= 4 is 15.7 Å². The van der Waals surface area contributed by atoms with E-state index in [-0.39, 0.29) is 0 Å². The van der Waals surface area contributed by atoms with E-state index in [1.165, 1.54) is 21.1 Å². The predicted octanol–water partition coefficient (Wildman–Crippen LogP) is 2.23. The van der Waals surface area contributed by atoms with Gasteiger partial charge in [-0.2, -0.15) is 4.31 Å². The number of rotatable bonds is 3. The zero-order chi connectivity index (χ0) is 15.7. The Morgan fingerprint density at radius 2 is 2.05 bits per heavy atom. The molecule has 0 bridgehead atoms. The fourth-order valence-corrected chi connectivity index (χ4v) is 4.30. The average Bonchev–Trinajstić information content (AvgIpc) is 2.55. The van der Waals surface area contributed by atoms with Gasteiger partial charge < -0.3 is 9.64 Å². The Kier molecular flexibility index (Phi) is 4.25. The van der Waals surface area contributed by atoms with Gasteiger partial charge in [0.15, 0.2) is 0 Å². The van der Waals surface area contributed by atoms with Crippen LogP contribution in [-0.4, -0.2) is 38.6 Å². The standard InChI is InChI=1S/C16H22N2O3S/c1-3-22(19,20)17-9-7-15(8-10-17)18-12-21-11-14-6-4-5-13(2)16(14)18/h3-6,15H,1,7-12H2,2H3. The SMILES string of the molecule is C=CS(=O)(=O)N1CCC(N2COCc3cccc(C)c32)CC1. The Labute approximate surface area is 132 Å². The average molecular weight is 322 g/mol. The number of nitrogens with zero attached hydrogens (tertiary/aromatic N) is 2. The molecule has 1 saturated heterocycles. The number of hydrogen-bond donors (Lipinski definition) is 0. The van der Waals surface area contributed by atoms with Crippen LogP contribution in [0.1, 0.15) is 24.0 Å². The third-order valence-corrected chi connectivity index (χ3v) is 6.04. The fourth-order valence-electron chi connectivity index (χ4n) is 3.37. The largest absolute Gasteiger partial charge is 0.356 e. The van der Waals surface area contributed by atoms with Gasteiger partial charge >= 0.3 is 0 Å². The van der Waals surface area contributed by atoms with Crippen LogP contribution >= 0.6 is 0 Å². The van der Waals surface area contributed by atoms with E-state index in [0.29, 0.717) is 32.5 Å². The Morgan fingerprint density at radius 3 is 2.73 bits per heavy atom. The summed E-state index contributed by atoms with van der Waals surface area (Å²) >= 11 is 0. The minimum absolute atomic E-state index is 0.316. The van der Waals surface area contributed by atoms with Crippen LogP contribution in [0.3, 0.4) is 0 Å². The highest BCUT2D eigenvalue weighted by Gasteiger charge is 2.32. The molecule has 0 aliphatic carbocycles. The first kappa shape index (κ1) is 15.5. The van der Waals surface area contributed by atoms with Crippen molar-refractivity contribution < 1.29 is 13.2 Å². The molecule has 2 heterocycles. The second-order valence-corrected chi connectivity index (χ2v) is 7.75. The quantitative estimate of drug-likeness (QED) is 0.856. The first-order valence-electron chi connectivity index (χ1n) is 7.58. The van der Waals surface area contributed by atoms with Gasteiger partial charge in [-0.05, 0) is 25.3 Å². The molecule has 0 atom stereocenters. The van der Waals surface area contributed by atoms with Gasteiger partial charge in [0, 0.05) is 35.8 Å². The maximum atomic E-state index is 11.9. The Hall–Kier alpha value is -1.37. The van der Waals surface area contributed by atoms with Crippen molar-refractivity contribution in [2.24, 2.45) is 0 Å². The van der Waals surface area contributed by atoms with Crippen LogP contribution in [0.2, 0.25) is 0 Å². The summed E-state index contributed by atoms with van der Waals surface area (Å²) in [6.07, 6.45) is 1.62. The van der Waals surface area contributed by atoms with Crippen LogP contribution in [0.4, 0.5) is 5.69 Å². The summed E-state index contributed by atoms with van der Waals surface area (Å²) in [6, 6.07) is 6.59. The Bertz CT molecular complexity index is 664. The molecule has 0 spiro atoms. The van der Waals surface area contributed by atoms with Crippen LogP contribution in [-0.2, 0) is 21.4 Å². The molecule has 0 unspecified atom stereocenters. The summed E-state index contributed by atoms with van der Waals surface area (Å²) in [5.74, 6) is 0. The van der Waals surface area contributed by atoms with Gasteiger partial charge in [0.05, 0.1) is 6.61 Å². The lowest BCUT2D eigenvalue weighted by atomic mass is 10.00. The van der Waals surface area contributed by atoms with E-state index in [1.54, 1.807) is 0 Å². The molecule has 22 heavy (non-hydrogen) atoms. The molecule has 120 valence electrons. The predicted molar refractivity (Wildman–Crippen MR) is 87.0 cm³/mol. The first-order chi connectivity index (χ1) is 10.5. The molecular weight excluding hydrogens is 300 g/mol. The number of sulfonamides is 1. The van der Waals surface area contributed by atoms with Gasteiger partial charge in [-0.25, -0.2) is 8.42 Å². The number of fused-ring (bicyclic) bond motifs is 1. The van der Waals surface area contributed by atoms with E-state index in [9.17, 15) is 8.42 Å². The molecule has 1 aromatic carbocycles. The number of aryl methyl sites for hydroxylation is 1. The maximum absolute atomic E-state index is 11.9. The van der Waals surface area contributed by atoms with Crippen molar-refractivity contribution in [2.75, 3.05) is 24.7 Å². The number of anilines is 1. The topological polar surface area (TPSA) is 49.9 Å². The number of benzene rings is 1. The molecule has 1 fully saturated rings. The van der Waals surface area contributed by atoms with Crippen molar-refractivity contribution in [3.63, 3.8) is 0 Å². The highest BCUT2D eigenvalue weighted by molar-refractivity contribution is 7.92. The van der Waals surface area contributed by atoms with Gasteiger partial charge in [-0.1, -0.05) is 24.8 Å². The van der Waals surface area contributed by atoms with E-state index < -0.39 is 10.0 Å². The summed E-state index contributed by atoms with van der Waals surface area (Å²) in [6.45, 7) is 7.82. The van der Waals surface area contributed by atoms with Crippen LogP contribution < -0.4 is 4.90 Å². The van der Waals surface area contributed by atoms with E-state index in [1.807, 2.05) is 0 Å². The highest BCUT2D eigenvalue weighted by atomic mass is 32.2. The molecule has 2 aliphatic heterocycles. The Balaban J connectivity index is 1.77. The Morgan fingerprint density at radius 1 is 1.32 bits per heavy atom. The molecule has 1 aromatic rings. The summed E-state index contributed by atoms with van der Waals surface area (Å²) in [7, 11) is -3.30. The van der Waals surface area contributed by atoms with E-state index in [4.69, 9.17) is 4.74 Å². The number of ether oxygens (including phenoxy) is 1. The molecular formula is C16H22N2O3S. The van der Waals surface area contributed by atoms with Crippen LogP contribution in [0.25, 0.3) is 0 Å². The second kappa shape index (κ2) is 6.02. The van der Waals surface area contributed by atoms with Crippen LogP contribution in [0, 0.1) is 6.92 Å². The van der Waals surface area contributed by atoms with Crippen molar-refractivity contribution in [1.82, 2.24) is 4.31 Å². The molecule has 0 aromatic heterocycles. The molecule has 5 nitrogen and oxygen atoms in total. The van der Waals surface area contributed by atoms with Crippen LogP contribution in [0.15, 0.2) is 30.2 Å². The van der Waals surface area contributed by atoms with Crippen molar-refractivity contribution in [3.8, 4) is 0 Å². The molecule has 3 rings (SSSR count). The van der Waals surface area contributed by atoms with E-state index in [2.05, 4.69) is 36.6 Å². The van der Waals surface area contributed by atoms with Crippen molar-refractivity contribution in [1.29, 1.82) is 0 Å². The zero-order valence-corrected chi connectivity index (χ0v) is 13.7. The lowest BCUT2D eigenvalue weighted by Crippen LogP contribution is -2.48. The summed E-state index contributed by atoms with van der Waals surface area (Å²) < 4.78 is 30.9. The van der Waals surface area contributed by atoms with E-state index in [0.717, 1.165) is 18.2 Å².